The van der Waals surface area contributed by atoms with Crippen molar-refractivity contribution in [2.45, 2.75) is 25.7 Å². The smallest absolute Gasteiger partial charge is 0.317 e. The first kappa shape index (κ1) is 10.4. The Hall–Kier alpha value is -0.710. The van der Waals surface area contributed by atoms with Crippen molar-refractivity contribution in [1.82, 2.24) is 0 Å². The monoisotopic (exact) mass is 193 g/mol. The lowest BCUT2D eigenvalue weighted by Gasteiger charge is -2.33. The van der Waals surface area contributed by atoms with Crippen LogP contribution >= 0.6 is 0 Å². The van der Waals surface area contributed by atoms with E-state index in [9.17, 15) is 13.6 Å². The SMILES string of the molecule is CC(F)(F)C(CN)(C(=O)O)C1CC1. The molecule has 1 atom stereocenters. The molecular weight excluding hydrogens is 180 g/mol. The van der Waals surface area contributed by atoms with E-state index in [4.69, 9.17) is 10.8 Å². The zero-order chi connectivity index (χ0) is 10.3. The maximum Gasteiger partial charge on any atom is 0.317 e. The van der Waals surface area contributed by atoms with Crippen molar-refractivity contribution >= 4 is 5.97 Å². The average Bonchev–Trinajstić information content (AvgIpc) is 2.69. The van der Waals surface area contributed by atoms with Gasteiger partial charge in [-0.1, -0.05) is 0 Å². The van der Waals surface area contributed by atoms with Gasteiger partial charge in [-0.15, -0.1) is 0 Å². The van der Waals surface area contributed by atoms with Gasteiger partial charge < -0.3 is 10.8 Å². The Morgan fingerprint density at radius 3 is 2.15 bits per heavy atom. The predicted octanol–water partition coefficient (Wildman–Crippen LogP) is 1.08. The van der Waals surface area contributed by atoms with Crippen LogP contribution in [0.3, 0.4) is 0 Å². The molecule has 0 saturated heterocycles. The zero-order valence-electron chi connectivity index (χ0n) is 7.39. The number of halogens is 2. The Bertz CT molecular complexity index is 223. The van der Waals surface area contributed by atoms with Crippen molar-refractivity contribution in [1.29, 1.82) is 0 Å². The lowest BCUT2D eigenvalue weighted by Crippen LogP contribution is -2.52. The first-order valence-corrected chi connectivity index (χ1v) is 4.17. The predicted molar refractivity (Wildman–Crippen MR) is 42.5 cm³/mol. The van der Waals surface area contributed by atoms with Crippen LogP contribution < -0.4 is 5.73 Å². The van der Waals surface area contributed by atoms with Crippen LogP contribution in [0.2, 0.25) is 0 Å². The van der Waals surface area contributed by atoms with Crippen LogP contribution in [0.15, 0.2) is 0 Å². The van der Waals surface area contributed by atoms with Gasteiger partial charge in [0.2, 0.25) is 0 Å². The molecule has 0 aromatic heterocycles. The molecule has 0 aliphatic heterocycles. The number of carboxylic acid groups (broad SMARTS) is 1. The summed E-state index contributed by atoms with van der Waals surface area (Å²) in [6.07, 6.45) is 1.07. The first-order valence-electron chi connectivity index (χ1n) is 4.17. The Labute approximate surface area is 74.9 Å². The molecule has 1 unspecified atom stereocenters. The van der Waals surface area contributed by atoms with E-state index in [0.717, 1.165) is 0 Å². The summed E-state index contributed by atoms with van der Waals surface area (Å²) in [5.41, 5.74) is 3.13. The van der Waals surface area contributed by atoms with Crippen LogP contribution in [0.4, 0.5) is 8.78 Å². The van der Waals surface area contributed by atoms with Gasteiger partial charge in [-0.05, 0) is 18.8 Å². The Kier molecular flexibility index (Phi) is 2.32. The minimum Gasteiger partial charge on any atom is -0.481 e. The van der Waals surface area contributed by atoms with Gasteiger partial charge in [0.1, 0.15) is 5.41 Å². The maximum atomic E-state index is 13.1. The second-order valence-corrected chi connectivity index (χ2v) is 3.64. The summed E-state index contributed by atoms with van der Waals surface area (Å²) in [4.78, 5) is 10.8. The highest BCUT2D eigenvalue weighted by Gasteiger charge is 2.63. The van der Waals surface area contributed by atoms with E-state index in [0.29, 0.717) is 19.8 Å². The Balaban J connectivity index is 3.03. The molecular formula is C8H13F2NO2. The van der Waals surface area contributed by atoms with Crippen LogP contribution in [0.25, 0.3) is 0 Å². The molecule has 0 aromatic rings. The topological polar surface area (TPSA) is 63.3 Å². The minimum absolute atomic E-state index is 0.463. The van der Waals surface area contributed by atoms with Crippen molar-refractivity contribution in [2.24, 2.45) is 17.1 Å². The van der Waals surface area contributed by atoms with Gasteiger partial charge in [0, 0.05) is 13.5 Å². The van der Waals surface area contributed by atoms with E-state index < -0.39 is 29.8 Å². The molecule has 1 fully saturated rings. The number of carbonyl (C=O) groups is 1. The summed E-state index contributed by atoms with van der Waals surface area (Å²) in [6.45, 7) is 0.128. The van der Waals surface area contributed by atoms with Crippen molar-refractivity contribution in [3.8, 4) is 0 Å². The van der Waals surface area contributed by atoms with Gasteiger partial charge in [-0.25, -0.2) is 8.78 Å². The molecule has 3 N–H and O–H groups in total. The molecule has 0 radical (unpaired) electrons. The first-order chi connectivity index (χ1) is 5.86. The van der Waals surface area contributed by atoms with Gasteiger partial charge in [0.25, 0.3) is 5.92 Å². The fourth-order valence-electron chi connectivity index (χ4n) is 1.73. The zero-order valence-corrected chi connectivity index (χ0v) is 7.39. The third-order valence-corrected chi connectivity index (χ3v) is 2.76. The molecule has 5 heteroatoms. The lowest BCUT2D eigenvalue weighted by molar-refractivity contribution is -0.178. The maximum absolute atomic E-state index is 13.1. The molecule has 76 valence electrons. The molecule has 1 saturated carbocycles. The molecule has 0 amide bonds. The summed E-state index contributed by atoms with van der Waals surface area (Å²) in [6, 6.07) is 0. The fraction of sp³-hybridized carbons (Fsp3) is 0.875. The van der Waals surface area contributed by atoms with E-state index in [-0.39, 0.29) is 0 Å². The molecule has 13 heavy (non-hydrogen) atoms. The molecule has 0 heterocycles. The summed E-state index contributed by atoms with van der Waals surface area (Å²) in [7, 11) is 0. The number of alkyl halides is 2. The lowest BCUT2D eigenvalue weighted by atomic mass is 9.77. The van der Waals surface area contributed by atoms with Crippen molar-refractivity contribution in [2.75, 3.05) is 6.54 Å². The van der Waals surface area contributed by atoms with Gasteiger partial charge in [0.05, 0.1) is 0 Å². The van der Waals surface area contributed by atoms with E-state index in [1.54, 1.807) is 0 Å². The van der Waals surface area contributed by atoms with Crippen LogP contribution in [0.1, 0.15) is 19.8 Å². The third kappa shape index (κ3) is 1.41. The second kappa shape index (κ2) is 2.90. The molecule has 0 aromatic carbocycles. The number of hydrogen-bond donors (Lipinski definition) is 2. The highest BCUT2D eigenvalue weighted by Crippen LogP contribution is 2.53. The van der Waals surface area contributed by atoms with Gasteiger partial charge in [-0.3, -0.25) is 4.79 Å². The summed E-state index contributed by atoms with van der Waals surface area (Å²) >= 11 is 0. The number of hydrogen-bond acceptors (Lipinski definition) is 2. The van der Waals surface area contributed by atoms with Crippen molar-refractivity contribution in [3.05, 3.63) is 0 Å². The van der Waals surface area contributed by atoms with Gasteiger partial charge in [0.15, 0.2) is 0 Å². The number of aliphatic carboxylic acids is 1. The van der Waals surface area contributed by atoms with E-state index >= 15 is 0 Å². The van der Waals surface area contributed by atoms with Crippen molar-refractivity contribution in [3.63, 3.8) is 0 Å². The molecule has 3 nitrogen and oxygen atoms in total. The highest BCUT2D eigenvalue weighted by molar-refractivity contribution is 5.77. The number of nitrogens with two attached hydrogens (primary N) is 1. The quantitative estimate of drug-likeness (QED) is 0.702. The van der Waals surface area contributed by atoms with E-state index in [1.165, 1.54) is 0 Å². The van der Waals surface area contributed by atoms with Crippen LogP contribution in [-0.4, -0.2) is 23.5 Å². The van der Waals surface area contributed by atoms with Gasteiger partial charge >= 0.3 is 5.97 Å². The van der Waals surface area contributed by atoms with Crippen molar-refractivity contribution < 1.29 is 18.7 Å². The highest BCUT2D eigenvalue weighted by atomic mass is 19.3. The summed E-state index contributed by atoms with van der Waals surface area (Å²) in [5.74, 6) is -5.20. The summed E-state index contributed by atoms with van der Waals surface area (Å²) < 4.78 is 26.2. The fourth-order valence-corrected chi connectivity index (χ4v) is 1.73. The van der Waals surface area contributed by atoms with Crippen LogP contribution in [0.5, 0.6) is 0 Å². The molecule has 1 aliphatic carbocycles. The Morgan fingerprint density at radius 2 is 2.08 bits per heavy atom. The summed E-state index contributed by atoms with van der Waals surface area (Å²) in [5, 5.41) is 8.81. The molecule has 0 spiro atoms. The van der Waals surface area contributed by atoms with Crippen LogP contribution in [-0.2, 0) is 4.79 Å². The third-order valence-electron chi connectivity index (χ3n) is 2.76. The molecule has 1 rings (SSSR count). The minimum atomic E-state index is -3.26. The second-order valence-electron chi connectivity index (χ2n) is 3.64. The van der Waals surface area contributed by atoms with Crippen LogP contribution in [0, 0.1) is 11.3 Å². The normalized spacial score (nSPS) is 22.5. The number of rotatable bonds is 4. The Morgan fingerprint density at radius 1 is 1.62 bits per heavy atom. The molecule has 1 aliphatic rings. The number of carboxylic acids is 1. The van der Waals surface area contributed by atoms with E-state index in [1.807, 2.05) is 0 Å². The largest absolute Gasteiger partial charge is 0.481 e. The van der Waals surface area contributed by atoms with E-state index in [2.05, 4.69) is 0 Å². The standard InChI is InChI=1S/C8H13F2NO2/c1-7(9,10)8(4-11,6(12)13)5-2-3-5/h5H,2-4,11H2,1H3,(H,12,13). The van der Waals surface area contributed by atoms with Gasteiger partial charge in [-0.2, -0.15) is 0 Å². The molecule has 0 bridgehead atoms. The average molecular weight is 193 g/mol.